The van der Waals surface area contributed by atoms with Crippen molar-refractivity contribution in [2.45, 2.75) is 19.3 Å². The van der Waals surface area contributed by atoms with Crippen molar-refractivity contribution < 1.29 is 0 Å². The Hall–Kier alpha value is -0.380. The maximum Gasteiger partial charge on any atom is 0.0259 e. The lowest BCUT2D eigenvalue weighted by molar-refractivity contribution is 0.0969. The van der Waals surface area contributed by atoms with E-state index in [9.17, 15) is 0 Å². The second-order valence-electron chi connectivity index (χ2n) is 4.80. The summed E-state index contributed by atoms with van der Waals surface area (Å²) >= 11 is 0. The summed E-state index contributed by atoms with van der Waals surface area (Å²) in [5.41, 5.74) is 3.58. The first-order valence-electron chi connectivity index (χ1n) is 6.16. The number of allylic oxidation sites excluding steroid dienone is 2. The van der Waals surface area contributed by atoms with Crippen molar-refractivity contribution in [3.8, 4) is 0 Å². The van der Waals surface area contributed by atoms with Crippen LogP contribution in [0.4, 0.5) is 0 Å². The average molecular weight is 209 g/mol. The Labute approximate surface area is 93.1 Å². The molecule has 3 nitrogen and oxygen atoms in total. The molecule has 1 unspecified atom stereocenters. The molecule has 1 aliphatic carbocycles. The molecular formula is C12H23N3. The highest BCUT2D eigenvalue weighted by Crippen LogP contribution is 2.17. The first-order chi connectivity index (χ1) is 7.34. The van der Waals surface area contributed by atoms with E-state index in [-0.39, 0.29) is 0 Å². The van der Waals surface area contributed by atoms with Crippen molar-refractivity contribution in [1.29, 1.82) is 0 Å². The Kier molecular flexibility index (Phi) is 4.18. The van der Waals surface area contributed by atoms with E-state index >= 15 is 0 Å². The molecule has 15 heavy (non-hydrogen) atoms. The fourth-order valence-electron chi connectivity index (χ4n) is 2.26. The van der Waals surface area contributed by atoms with E-state index in [0.717, 1.165) is 12.5 Å². The first kappa shape index (κ1) is 11.1. The lowest BCUT2D eigenvalue weighted by atomic mass is 9.95. The maximum absolute atomic E-state index is 3.58. The van der Waals surface area contributed by atoms with Crippen LogP contribution in [0.1, 0.15) is 19.3 Å². The fourth-order valence-corrected chi connectivity index (χ4v) is 2.26. The zero-order valence-corrected chi connectivity index (χ0v) is 9.78. The molecular weight excluding hydrogens is 186 g/mol. The Morgan fingerprint density at radius 1 is 1.20 bits per heavy atom. The maximum atomic E-state index is 3.58. The number of hydrogen-bond donors (Lipinski definition) is 1. The molecule has 0 aromatic carbocycles. The molecule has 0 bridgehead atoms. The third-order valence-corrected chi connectivity index (χ3v) is 3.48. The first-order valence-corrected chi connectivity index (χ1v) is 6.16. The van der Waals surface area contributed by atoms with Crippen LogP contribution in [0.15, 0.2) is 12.2 Å². The molecule has 0 aromatic rings. The average Bonchev–Trinajstić information content (AvgIpc) is 2.30. The van der Waals surface area contributed by atoms with Gasteiger partial charge in [0.15, 0.2) is 0 Å². The minimum Gasteiger partial charge on any atom is -0.304 e. The van der Waals surface area contributed by atoms with Crippen molar-refractivity contribution in [2.24, 2.45) is 5.92 Å². The predicted molar refractivity (Wildman–Crippen MR) is 63.6 cm³/mol. The van der Waals surface area contributed by atoms with Gasteiger partial charge in [-0.25, -0.2) is 5.01 Å². The number of piperazine rings is 1. The molecule has 0 aromatic heterocycles. The fraction of sp³-hybridized carbons (Fsp3) is 0.833. The number of nitrogens with one attached hydrogen (secondary N) is 1. The number of nitrogens with zero attached hydrogens (tertiary/aromatic N) is 2. The summed E-state index contributed by atoms with van der Waals surface area (Å²) in [7, 11) is 2.20. The molecule has 0 radical (unpaired) electrons. The SMILES string of the molecule is CN1CCN(NCC2CC=CCC2)CC1. The van der Waals surface area contributed by atoms with Crippen molar-refractivity contribution in [2.75, 3.05) is 39.8 Å². The molecule has 1 aliphatic heterocycles. The predicted octanol–water partition coefficient (Wildman–Crippen LogP) is 1.09. The molecule has 3 heteroatoms. The molecule has 1 atom stereocenters. The summed E-state index contributed by atoms with van der Waals surface area (Å²) in [5.74, 6) is 0.856. The molecule has 2 rings (SSSR count). The second-order valence-corrected chi connectivity index (χ2v) is 4.80. The summed E-state index contributed by atoms with van der Waals surface area (Å²) < 4.78 is 0. The number of rotatable bonds is 3. The highest BCUT2D eigenvalue weighted by atomic mass is 15.5. The van der Waals surface area contributed by atoms with Gasteiger partial charge in [-0.3, -0.25) is 5.43 Å². The van der Waals surface area contributed by atoms with Crippen LogP contribution >= 0.6 is 0 Å². The molecule has 1 saturated heterocycles. The highest BCUT2D eigenvalue weighted by molar-refractivity contribution is 4.90. The minimum absolute atomic E-state index is 0.856. The van der Waals surface area contributed by atoms with Gasteiger partial charge >= 0.3 is 0 Å². The van der Waals surface area contributed by atoms with Crippen molar-refractivity contribution in [3.63, 3.8) is 0 Å². The third-order valence-electron chi connectivity index (χ3n) is 3.48. The van der Waals surface area contributed by atoms with Gasteiger partial charge in [-0.15, -0.1) is 0 Å². The number of likely N-dealkylation sites (N-methyl/N-ethyl adjacent to an activating group) is 1. The van der Waals surface area contributed by atoms with Crippen molar-refractivity contribution in [3.05, 3.63) is 12.2 Å². The van der Waals surface area contributed by atoms with E-state index in [0.29, 0.717) is 0 Å². The largest absolute Gasteiger partial charge is 0.304 e. The standard InChI is InChI=1S/C12H23N3/c1-14-7-9-15(10-8-14)13-11-12-5-3-2-4-6-12/h2-3,12-13H,4-11H2,1H3. The van der Waals surface area contributed by atoms with E-state index in [4.69, 9.17) is 0 Å². The summed E-state index contributed by atoms with van der Waals surface area (Å²) in [4.78, 5) is 2.39. The lowest BCUT2D eigenvalue weighted by Crippen LogP contribution is -2.51. The quantitative estimate of drug-likeness (QED) is 0.702. The van der Waals surface area contributed by atoms with E-state index in [1.54, 1.807) is 0 Å². The zero-order valence-electron chi connectivity index (χ0n) is 9.78. The Morgan fingerprint density at radius 3 is 2.67 bits per heavy atom. The monoisotopic (exact) mass is 209 g/mol. The second kappa shape index (κ2) is 5.64. The minimum atomic E-state index is 0.856. The van der Waals surface area contributed by atoms with Crippen LogP contribution in [0, 0.1) is 5.92 Å². The van der Waals surface area contributed by atoms with Gasteiger partial charge in [0.05, 0.1) is 0 Å². The van der Waals surface area contributed by atoms with Crippen molar-refractivity contribution in [1.82, 2.24) is 15.3 Å². The van der Waals surface area contributed by atoms with Crippen LogP contribution in [-0.4, -0.2) is 49.7 Å². The van der Waals surface area contributed by atoms with Gasteiger partial charge in [0, 0.05) is 32.7 Å². The third kappa shape index (κ3) is 3.59. The highest BCUT2D eigenvalue weighted by Gasteiger charge is 2.15. The van der Waals surface area contributed by atoms with E-state index in [1.165, 1.54) is 45.4 Å². The Morgan fingerprint density at radius 2 is 2.00 bits per heavy atom. The molecule has 0 saturated carbocycles. The molecule has 2 aliphatic rings. The van der Waals surface area contributed by atoms with Crippen LogP contribution < -0.4 is 5.43 Å². The molecule has 0 spiro atoms. The van der Waals surface area contributed by atoms with E-state index < -0.39 is 0 Å². The van der Waals surface area contributed by atoms with Crippen molar-refractivity contribution >= 4 is 0 Å². The van der Waals surface area contributed by atoms with Crippen LogP contribution in [0.25, 0.3) is 0 Å². The van der Waals surface area contributed by atoms with Gasteiger partial charge < -0.3 is 4.90 Å². The number of hydrazine groups is 1. The molecule has 1 N–H and O–H groups in total. The number of hydrogen-bond acceptors (Lipinski definition) is 3. The van der Waals surface area contributed by atoms with Gasteiger partial charge in [0.2, 0.25) is 0 Å². The van der Waals surface area contributed by atoms with E-state index in [1.807, 2.05) is 0 Å². The Balaban J connectivity index is 1.63. The van der Waals surface area contributed by atoms with Gasteiger partial charge in [0.1, 0.15) is 0 Å². The van der Waals surface area contributed by atoms with E-state index in [2.05, 4.69) is 34.5 Å². The summed E-state index contributed by atoms with van der Waals surface area (Å²) in [6, 6.07) is 0. The van der Waals surface area contributed by atoms with Gasteiger partial charge in [-0.2, -0.15) is 0 Å². The molecule has 1 fully saturated rings. The molecule has 1 heterocycles. The van der Waals surface area contributed by atoms with Crippen LogP contribution in [0.5, 0.6) is 0 Å². The Bertz CT molecular complexity index is 207. The molecule has 86 valence electrons. The normalized spacial score (nSPS) is 29.5. The lowest BCUT2D eigenvalue weighted by Gasteiger charge is -2.33. The smallest absolute Gasteiger partial charge is 0.0259 e. The molecule has 0 amide bonds. The van der Waals surface area contributed by atoms with Gasteiger partial charge in [-0.1, -0.05) is 12.2 Å². The van der Waals surface area contributed by atoms with Crippen LogP contribution in [-0.2, 0) is 0 Å². The summed E-state index contributed by atoms with van der Waals surface area (Å²) in [6.45, 7) is 5.88. The van der Waals surface area contributed by atoms with Gasteiger partial charge in [-0.05, 0) is 32.2 Å². The summed E-state index contributed by atoms with van der Waals surface area (Å²) in [5, 5.41) is 2.39. The van der Waals surface area contributed by atoms with Gasteiger partial charge in [0.25, 0.3) is 0 Å². The summed E-state index contributed by atoms with van der Waals surface area (Å²) in [6.07, 6.45) is 8.54. The van der Waals surface area contributed by atoms with Crippen LogP contribution in [0.2, 0.25) is 0 Å². The van der Waals surface area contributed by atoms with Crippen LogP contribution in [0.3, 0.4) is 0 Å². The topological polar surface area (TPSA) is 18.5 Å². The zero-order chi connectivity index (χ0) is 10.5.